The standard InChI is InChI=1S/C18H24S/c1-6-17-13(4)11-18(19-17)16-9-7-15(8-10-16)14(5)12(2)3/h6-9,11-12,14,16-17H,1,4,10H2,2-3,5H3. The number of hydrogen-bond acceptors (Lipinski definition) is 1. The van der Waals surface area contributed by atoms with Crippen molar-refractivity contribution in [3.8, 4) is 0 Å². The minimum absolute atomic E-state index is 0.378. The number of allylic oxidation sites excluding steroid dienone is 6. The van der Waals surface area contributed by atoms with Gasteiger partial charge in [-0.05, 0) is 40.4 Å². The van der Waals surface area contributed by atoms with Crippen molar-refractivity contribution >= 4 is 11.8 Å². The Kier molecular flexibility index (Phi) is 4.57. The fourth-order valence-corrected chi connectivity index (χ4v) is 3.66. The molecule has 0 aromatic heterocycles. The van der Waals surface area contributed by atoms with Crippen LogP contribution in [0.15, 0.2) is 59.6 Å². The molecule has 0 aromatic rings. The third kappa shape index (κ3) is 3.14. The first-order valence-electron chi connectivity index (χ1n) is 7.10. The Bertz CT molecular complexity index is 462. The van der Waals surface area contributed by atoms with Crippen LogP contribution in [-0.4, -0.2) is 5.25 Å². The van der Waals surface area contributed by atoms with Gasteiger partial charge < -0.3 is 0 Å². The maximum atomic E-state index is 4.11. The van der Waals surface area contributed by atoms with Crippen molar-refractivity contribution in [2.75, 3.05) is 0 Å². The molecule has 3 unspecified atom stereocenters. The average Bonchev–Trinajstić information content (AvgIpc) is 2.79. The molecule has 1 heterocycles. The van der Waals surface area contributed by atoms with Crippen LogP contribution in [0.2, 0.25) is 0 Å². The molecule has 0 nitrogen and oxygen atoms in total. The van der Waals surface area contributed by atoms with Gasteiger partial charge in [-0.15, -0.1) is 18.3 Å². The highest BCUT2D eigenvalue weighted by Gasteiger charge is 2.25. The number of hydrogen-bond donors (Lipinski definition) is 0. The normalized spacial score (nSPS) is 28.3. The van der Waals surface area contributed by atoms with Crippen LogP contribution >= 0.6 is 11.8 Å². The van der Waals surface area contributed by atoms with Crippen molar-refractivity contribution in [1.82, 2.24) is 0 Å². The second-order valence-electron chi connectivity index (χ2n) is 5.83. The van der Waals surface area contributed by atoms with E-state index in [1.54, 1.807) is 0 Å². The van der Waals surface area contributed by atoms with Gasteiger partial charge in [0.25, 0.3) is 0 Å². The Morgan fingerprint density at radius 1 is 1.37 bits per heavy atom. The first-order chi connectivity index (χ1) is 9.02. The summed E-state index contributed by atoms with van der Waals surface area (Å²) >= 11 is 1.90. The molecule has 0 saturated carbocycles. The predicted octanol–water partition coefficient (Wildman–Crippen LogP) is 5.52. The third-order valence-electron chi connectivity index (χ3n) is 4.19. The lowest BCUT2D eigenvalue weighted by Gasteiger charge is -2.23. The van der Waals surface area contributed by atoms with Crippen LogP contribution in [0.1, 0.15) is 27.2 Å². The molecular formula is C18H24S. The van der Waals surface area contributed by atoms with Crippen molar-refractivity contribution in [2.45, 2.75) is 32.4 Å². The van der Waals surface area contributed by atoms with Crippen molar-refractivity contribution in [2.24, 2.45) is 17.8 Å². The van der Waals surface area contributed by atoms with E-state index in [0.29, 0.717) is 23.0 Å². The summed E-state index contributed by atoms with van der Waals surface area (Å²) < 4.78 is 0. The highest BCUT2D eigenvalue weighted by molar-refractivity contribution is 8.04. The lowest BCUT2D eigenvalue weighted by atomic mass is 9.84. The van der Waals surface area contributed by atoms with Gasteiger partial charge in [-0.3, -0.25) is 0 Å². The predicted molar refractivity (Wildman–Crippen MR) is 88.1 cm³/mol. The van der Waals surface area contributed by atoms with Gasteiger partial charge in [0.15, 0.2) is 0 Å². The maximum Gasteiger partial charge on any atom is 0.0513 e. The highest BCUT2D eigenvalue weighted by Crippen LogP contribution is 2.43. The summed E-state index contributed by atoms with van der Waals surface area (Å²) in [5.74, 6) is 1.89. The van der Waals surface area contributed by atoms with E-state index in [4.69, 9.17) is 0 Å². The largest absolute Gasteiger partial charge is 0.118 e. The van der Waals surface area contributed by atoms with E-state index in [0.717, 1.165) is 6.42 Å². The average molecular weight is 272 g/mol. The zero-order chi connectivity index (χ0) is 14.0. The molecule has 0 radical (unpaired) electrons. The Morgan fingerprint density at radius 3 is 2.58 bits per heavy atom. The Balaban J connectivity index is 2.02. The molecule has 0 aromatic carbocycles. The molecule has 0 saturated heterocycles. The maximum absolute atomic E-state index is 4.11. The van der Waals surface area contributed by atoms with Crippen LogP contribution in [0, 0.1) is 17.8 Å². The molecule has 2 rings (SSSR count). The van der Waals surface area contributed by atoms with E-state index in [-0.39, 0.29) is 0 Å². The molecule has 2 aliphatic rings. The molecule has 1 aliphatic heterocycles. The van der Waals surface area contributed by atoms with Gasteiger partial charge in [0.2, 0.25) is 0 Å². The molecule has 1 heteroatoms. The second kappa shape index (κ2) is 6.00. The lowest BCUT2D eigenvalue weighted by Crippen LogP contribution is -2.10. The van der Waals surface area contributed by atoms with Crippen molar-refractivity contribution in [3.05, 3.63) is 59.6 Å². The zero-order valence-corrected chi connectivity index (χ0v) is 13.0. The van der Waals surface area contributed by atoms with Crippen LogP contribution < -0.4 is 0 Å². The Labute approximate surface area is 122 Å². The van der Waals surface area contributed by atoms with E-state index in [2.05, 4.69) is 58.2 Å². The van der Waals surface area contributed by atoms with Gasteiger partial charge in [0.1, 0.15) is 0 Å². The van der Waals surface area contributed by atoms with Crippen molar-refractivity contribution in [3.63, 3.8) is 0 Å². The van der Waals surface area contributed by atoms with Gasteiger partial charge in [-0.1, -0.05) is 51.7 Å². The monoisotopic (exact) mass is 272 g/mol. The van der Waals surface area contributed by atoms with Crippen molar-refractivity contribution in [1.29, 1.82) is 0 Å². The van der Waals surface area contributed by atoms with E-state index in [1.165, 1.54) is 16.1 Å². The van der Waals surface area contributed by atoms with Crippen LogP contribution in [0.25, 0.3) is 0 Å². The molecular weight excluding hydrogens is 248 g/mol. The zero-order valence-electron chi connectivity index (χ0n) is 12.2. The van der Waals surface area contributed by atoms with Gasteiger partial charge in [0, 0.05) is 5.92 Å². The summed E-state index contributed by atoms with van der Waals surface area (Å²) in [5.41, 5.74) is 2.68. The van der Waals surface area contributed by atoms with E-state index >= 15 is 0 Å². The minimum atomic E-state index is 0.378. The van der Waals surface area contributed by atoms with Crippen LogP contribution in [0.3, 0.4) is 0 Å². The minimum Gasteiger partial charge on any atom is -0.118 e. The molecule has 3 atom stereocenters. The summed E-state index contributed by atoms with van der Waals surface area (Å²) in [6.07, 6.45) is 12.5. The SMILES string of the molecule is C=CC1SC(C2C=CC(C(C)C(C)C)=CC2)=CC1=C. The molecule has 0 bridgehead atoms. The summed E-state index contributed by atoms with van der Waals surface area (Å²) in [5, 5.41) is 0.378. The topological polar surface area (TPSA) is 0 Å². The third-order valence-corrected chi connectivity index (χ3v) is 5.63. The summed E-state index contributed by atoms with van der Waals surface area (Å²) in [4.78, 5) is 1.44. The summed E-state index contributed by atoms with van der Waals surface area (Å²) in [7, 11) is 0. The summed E-state index contributed by atoms with van der Waals surface area (Å²) in [6, 6.07) is 0. The van der Waals surface area contributed by atoms with Gasteiger partial charge in [-0.2, -0.15) is 0 Å². The lowest BCUT2D eigenvalue weighted by molar-refractivity contribution is 0.483. The van der Waals surface area contributed by atoms with E-state index < -0.39 is 0 Å². The molecule has 0 amide bonds. The number of rotatable bonds is 4. The first-order valence-corrected chi connectivity index (χ1v) is 7.98. The van der Waals surface area contributed by atoms with Gasteiger partial charge in [-0.25, -0.2) is 0 Å². The second-order valence-corrected chi connectivity index (χ2v) is 7.05. The van der Waals surface area contributed by atoms with Crippen molar-refractivity contribution < 1.29 is 0 Å². The van der Waals surface area contributed by atoms with Crippen LogP contribution in [0.5, 0.6) is 0 Å². The van der Waals surface area contributed by atoms with Gasteiger partial charge in [0.05, 0.1) is 5.25 Å². The molecule has 19 heavy (non-hydrogen) atoms. The molecule has 0 N–H and O–H groups in total. The molecule has 0 fully saturated rings. The quantitative estimate of drug-likeness (QED) is 0.607. The summed E-state index contributed by atoms with van der Waals surface area (Å²) in [6.45, 7) is 14.9. The Morgan fingerprint density at radius 2 is 2.11 bits per heavy atom. The number of thioether (sulfide) groups is 1. The van der Waals surface area contributed by atoms with Crippen LogP contribution in [0.4, 0.5) is 0 Å². The fraction of sp³-hybridized carbons (Fsp3) is 0.444. The molecule has 1 aliphatic carbocycles. The molecule has 0 spiro atoms. The first kappa shape index (κ1) is 14.5. The fourth-order valence-electron chi connectivity index (χ4n) is 2.49. The Hall–Kier alpha value is -0.950. The van der Waals surface area contributed by atoms with E-state index in [9.17, 15) is 0 Å². The van der Waals surface area contributed by atoms with E-state index in [1.807, 2.05) is 17.8 Å². The highest BCUT2D eigenvalue weighted by atomic mass is 32.2. The van der Waals surface area contributed by atoms with Crippen LogP contribution in [-0.2, 0) is 0 Å². The van der Waals surface area contributed by atoms with Gasteiger partial charge >= 0.3 is 0 Å². The molecule has 102 valence electrons. The smallest absolute Gasteiger partial charge is 0.0513 e.